The number of aromatic nitrogens is 1. The molecule has 6 nitrogen and oxygen atoms in total. The van der Waals surface area contributed by atoms with Crippen molar-refractivity contribution in [2.75, 3.05) is 7.05 Å². The molecule has 1 amide bonds. The fourth-order valence-corrected chi connectivity index (χ4v) is 4.48. The summed E-state index contributed by atoms with van der Waals surface area (Å²) in [6.07, 6.45) is 1.82. The van der Waals surface area contributed by atoms with E-state index in [2.05, 4.69) is 4.99 Å². The van der Waals surface area contributed by atoms with Gasteiger partial charge < -0.3 is 9.67 Å². The maximum absolute atomic E-state index is 12.8. The lowest BCUT2D eigenvalue weighted by Gasteiger charge is -2.07. The Labute approximate surface area is 182 Å². The van der Waals surface area contributed by atoms with Crippen LogP contribution in [0.2, 0.25) is 5.02 Å². The third kappa shape index (κ3) is 3.74. The molecular formula is C22H18ClN3O3S. The Balaban J connectivity index is 1.76. The van der Waals surface area contributed by atoms with Crippen molar-refractivity contribution in [3.05, 3.63) is 69.7 Å². The number of thioether (sulfide) groups is 1. The van der Waals surface area contributed by atoms with Crippen molar-refractivity contribution < 1.29 is 14.7 Å². The fraction of sp³-hybridized carbons (Fsp3) is 0.136. The summed E-state index contributed by atoms with van der Waals surface area (Å²) in [6, 6.07) is 14.7. The largest absolute Gasteiger partial charge is 0.480 e. The molecule has 1 aliphatic heterocycles. The zero-order valence-corrected chi connectivity index (χ0v) is 17.9. The van der Waals surface area contributed by atoms with Crippen LogP contribution in [0.3, 0.4) is 0 Å². The molecule has 0 bridgehead atoms. The fourth-order valence-electron chi connectivity index (χ4n) is 3.39. The second-order valence-electron chi connectivity index (χ2n) is 6.84. The number of hydrogen-bond donors (Lipinski definition) is 1. The second kappa shape index (κ2) is 8.01. The van der Waals surface area contributed by atoms with Gasteiger partial charge in [0.2, 0.25) is 0 Å². The van der Waals surface area contributed by atoms with Gasteiger partial charge in [0.05, 0.1) is 10.6 Å². The van der Waals surface area contributed by atoms with Gasteiger partial charge in [0.1, 0.15) is 6.54 Å². The first-order valence-electron chi connectivity index (χ1n) is 9.16. The van der Waals surface area contributed by atoms with Crippen molar-refractivity contribution in [3.8, 4) is 0 Å². The number of amides is 1. The van der Waals surface area contributed by atoms with Crippen molar-refractivity contribution in [2.24, 2.45) is 4.99 Å². The lowest BCUT2D eigenvalue weighted by atomic mass is 10.1. The van der Waals surface area contributed by atoms with E-state index in [0.29, 0.717) is 20.8 Å². The molecule has 1 saturated heterocycles. The summed E-state index contributed by atoms with van der Waals surface area (Å²) < 4.78 is 1.75. The van der Waals surface area contributed by atoms with Gasteiger partial charge in [-0.05, 0) is 55.1 Å². The van der Waals surface area contributed by atoms with E-state index in [1.165, 1.54) is 16.7 Å². The highest BCUT2D eigenvalue weighted by molar-refractivity contribution is 8.18. The molecule has 3 aromatic rings. The number of halogens is 1. The Morgan fingerprint density at radius 3 is 2.60 bits per heavy atom. The molecule has 2 aromatic carbocycles. The highest BCUT2D eigenvalue weighted by Crippen LogP contribution is 2.36. The van der Waals surface area contributed by atoms with E-state index < -0.39 is 5.97 Å². The van der Waals surface area contributed by atoms with Gasteiger partial charge in [-0.15, -0.1) is 0 Å². The summed E-state index contributed by atoms with van der Waals surface area (Å²) in [5.74, 6) is -1.07. The van der Waals surface area contributed by atoms with Gasteiger partial charge in [-0.25, -0.2) is 4.99 Å². The van der Waals surface area contributed by atoms with Crippen molar-refractivity contribution >= 4 is 63.1 Å². The number of para-hydroxylation sites is 1. The van der Waals surface area contributed by atoms with Gasteiger partial charge in [0.15, 0.2) is 5.17 Å². The van der Waals surface area contributed by atoms with Gasteiger partial charge in [-0.1, -0.05) is 29.8 Å². The van der Waals surface area contributed by atoms with Crippen LogP contribution in [-0.4, -0.2) is 38.7 Å². The van der Waals surface area contributed by atoms with Gasteiger partial charge in [-0.3, -0.25) is 14.5 Å². The minimum Gasteiger partial charge on any atom is -0.480 e. The molecule has 0 aliphatic carbocycles. The molecule has 152 valence electrons. The number of fused-ring (bicyclic) bond motifs is 1. The summed E-state index contributed by atoms with van der Waals surface area (Å²) in [7, 11) is 1.69. The SMILES string of the molecule is Cc1c(/C=C2/SC(=Nc3ccc(Cl)cc3)N(C)C2=O)c2ccccc2n1CC(=O)O. The smallest absolute Gasteiger partial charge is 0.323 e. The molecule has 1 aliphatic rings. The number of aliphatic imine (C=N–C) groups is 1. The van der Waals surface area contributed by atoms with Gasteiger partial charge >= 0.3 is 5.97 Å². The molecule has 1 fully saturated rings. The van der Waals surface area contributed by atoms with E-state index in [0.717, 1.165) is 22.2 Å². The van der Waals surface area contributed by atoms with Crippen LogP contribution in [0.4, 0.5) is 5.69 Å². The van der Waals surface area contributed by atoms with E-state index in [4.69, 9.17) is 11.6 Å². The molecule has 0 atom stereocenters. The summed E-state index contributed by atoms with van der Waals surface area (Å²) in [5, 5.41) is 11.4. The van der Waals surface area contributed by atoms with E-state index in [1.54, 1.807) is 35.9 Å². The number of carbonyl (C=O) groups excluding carboxylic acids is 1. The van der Waals surface area contributed by atoms with Crippen LogP contribution in [0.15, 0.2) is 58.4 Å². The first kappa shape index (κ1) is 20.3. The van der Waals surface area contributed by atoms with Gasteiger partial charge in [0, 0.05) is 34.2 Å². The Hall–Kier alpha value is -3.03. The molecule has 8 heteroatoms. The van der Waals surface area contributed by atoms with E-state index in [1.807, 2.05) is 37.3 Å². The zero-order valence-electron chi connectivity index (χ0n) is 16.3. The maximum atomic E-state index is 12.8. The van der Waals surface area contributed by atoms with Crippen molar-refractivity contribution in [1.82, 2.24) is 9.47 Å². The third-order valence-corrected chi connectivity index (χ3v) is 6.22. The van der Waals surface area contributed by atoms with Crippen molar-refractivity contribution in [1.29, 1.82) is 0 Å². The van der Waals surface area contributed by atoms with E-state index >= 15 is 0 Å². The molecule has 0 unspecified atom stereocenters. The molecule has 0 radical (unpaired) electrons. The normalized spacial score (nSPS) is 16.9. The average Bonchev–Trinajstić information content (AvgIpc) is 3.13. The average molecular weight is 440 g/mol. The predicted molar refractivity (Wildman–Crippen MR) is 121 cm³/mol. The summed E-state index contributed by atoms with van der Waals surface area (Å²) in [4.78, 5) is 30.8. The molecule has 0 spiro atoms. The number of aliphatic carboxylic acids is 1. The number of carboxylic acids is 1. The van der Waals surface area contributed by atoms with Gasteiger partial charge in [0.25, 0.3) is 5.91 Å². The number of carbonyl (C=O) groups is 2. The summed E-state index contributed by atoms with van der Waals surface area (Å²) >= 11 is 7.21. The molecule has 2 heterocycles. The molecule has 30 heavy (non-hydrogen) atoms. The topological polar surface area (TPSA) is 74.9 Å². The van der Waals surface area contributed by atoms with Crippen molar-refractivity contribution in [3.63, 3.8) is 0 Å². The molecule has 1 N–H and O–H groups in total. The first-order chi connectivity index (χ1) is 14.3. The van der Waals surface area contributed by atoms with Gasteiger partial charge in [-0.2, -0.15) is 0 Å². The predicted octanol–water partition coefficient (Wildman–Crippen LogP) is 4.92. The number of benzene rings is 2. The minimum atomic E-state index is -0.915. The lowest BCUT2D eigenvalue weighted by molar-refractivity contribution is -0.137. The number of amidine groups is 1. The minimum absolute atomic E-state index is 0.139. The first-order valence-corrected chi connectivity index (χ1v) is 10.4. The number of carboxylic acid groups (broad SMARTS) is 1. The van der Waals surface area contributed by atoms with Crippen LogP contribution >= 0.6 is 23.4 Å². The third-order valence-electron chi connectivity index (χ3n) is 4.90. The van der Waals surface area contributed by atoms with Crippen molar-refractivity contribution in [2.45, 2.75) is 13.5 Å². The Kier molecular flexibility index (Phi) is 5.40. The zero-order chi connectivity index (χ0) is 21.4. The van der Waals surface area contributed by atoms with Crippen LogP contribution in [0.1, 0.15) is 11.3 Å². The van der Waals surface area contributed by atoms with Crippen LogP contribution in [0.25, 0.3) is 17.0 Å². The van der Waals surface area contributed by atoms with Crippen LogP contribution in [-0.2, 0) is 16.1 Å². The standard InChI is InChI=1S/C22H18ClN3O3S/c1-13-17(16-5-3-4-6-18(16)26(13)12-20(27)28)11-19-21(29)25(2)22(30-19)24-15-9-7-14(23)8-10-15/h3-11H,12H2,1-2H3,(H,27,28)/b19-11+,24-22?. The summed E-state index contributed by atoms with van der Waals surface area (Å²) in [6.45, 7) is 1.73. The highest BCUT2D eigenvalue weighted by atomic mass is 35.5. The lowest BCUT2D eigenvalue weighted by Crippen LogP contribution is -2.23. The number of rotatable bonds is 4. The maximum Gasteiger partial charge on any atom is 0.323 e. The second-order valence-corrected chi connectivity index (χ2v) is 8.29. The van der Waals surface area contributed by atoms with E-state index in [-0.39, 0.29) is 12.5 Å². The highest BCUT2D eigenvalue weighted by Gasteiger charge is 2.31. The van der Waals surface area contributed by atoms with Crippen LogP contribution in [0, 0.1) is 6.92 Å². The van der Waals surface area contributed by atoms with Crippen LogP contribution < -0.4 is 0 Å². The quantitative estimate of drug-likeness (QED) is 0.585. The monoisotopic (exact) mass is 439 g/mol. The molecule has 4 rings (SSSR count). The number of likely N-dealkylation sites (N-methyl/N-ethyl adjacent to an activating group) is 1. The van der Waals surface area contributed by atoms with Crippen LogP contribution in [0.5, 0.6) is 0 Å². The number of nitrogens with zero attached hydrogens (tertiary/aromatic N) is 3. The molecule has 0 saturated carbocycles. The molecular weight excluding hydrogens is 422 g/mol. The Morgan fingerprint density at radius 2 is 1.90 bits per heavy atom. The van der Waals surface area contributed by atoms with E-state index in [9.17, 15) is 14.7 Å². The number of hydrogen-bond acceptors (Lipinski definition) is 4. The summed E-state index contributed by atoms with van der Waals surface area (Å²) in [5.41, 5.74) is 3.16. The Morgan fingerprint density at radius 1 is 1.20 bits per heavy atom. The Bertz CT molecular complexity index is 1230. The molecule has 1 aromatic heterocycles.